The first kappa shape index (κ1) is 17.1. The van der Waals surface area contributed by atoms with Gasteiger partial charge in [0.15, 0.2) is 0 Å². The number of hydrogen-bond acceptors (Lipinski definition) is 3. The van der Waals surface area contributed by atoms with Gasteiger partial charge in [0.05, 0.1) is 6.26 Å². The average molecular weight is 298 g/mol. The fourth-order valence-electron chi connectivity index (χ4n) is 2.04. The number of nitrogens with one attached hydrogen (secondary N) is 2. The Kier molecular flexibility index (Phi) is 7.19. The zero-order valence-electron chi connectivity index (χ0n) is 12.6. The smallest absolute Gasteiger partial charge is 0.208 e. The van der Waals surface area contributed by atoms with E-state index in [-0.39, 0.29) is 6.04 Å². The van der Waals surface area contributed by atoms with Crippen molar-refractivity contribution in [3.8, 4) is 0 Å². The van der Waals surface area contributed by atoms with E-state index in [0.29, 0.717) is 6.54 Å². The molecular weight excluding hydrogens is 272 g/mol. The largest absolute Gasteiger partial charge is 0.310 e. The normalized spacial score (nSPS) is 13.3. The molecule has 1 aromatic rings. The van der Waals surface area contributed by atoms with Crippen molar-refractivity contribution >= 4 is 10.0 Å². The maximum Gasteiger partial charge on any atom is 0.208 e. The van der Waals surface area contributed by atoms with E-state index in [2.05, 4.69) is 48.2 Å². The summed E-state index contributed by atoms with van der Waals surface area (Å²) in [5.74, 6) is 0. The Morgan fingerprint density at radius 3 is 2.35 bits per heavy atom. The van der Waals surface area contributed by atoms with Crippen LogP contribution in [0.3, 0.4) is 0 Å². The van der Waals surface area contributed by atoms with Gasteiger partial charge in [-0.2, -0.15) is 0 Å². The Morgan fingerprint density at radius 1 is 1.15 bits per heavy atom. The molecule has 0 bridgehead atoms. The fourth-order valence-corrected chi connectivity index (χ4v) is 2.56. The van der Waals surface area contributed by atoms with Gasteiger partial charge in [0.2, 0.25) is 10.0 Å². The van der Waals surface area contributed by atoms with Crippen LogP contribution in [0.2, 0.25) is 0 Å². The molecule has 114 valence electrons. The predicted molar refractivity (Wildman–Crippen MR) is 84.3 cm³/mol. The van der Waals surface area contributed by atoms with Gasteiger partial charge in [0, 0.05) is 12.6 Å². The Morgan fingerprint density at radius 2 is 1.80 bits per heavy atom. The molecule has 2 N–H and O–H groups in total. The van der Waals surface area contributed by atoms with Gasteiger partial charge in [-0.25, -0.2) is 13.1 Å². The number of aryl methyl sites for hydroxylation is 1. The lowest BCUT2D eigenvalue weighted by molar-refractivity contribution is 0.548. The molecule has 1 unspecified atom stereocenters. The zero-order valence-corrected chi connectivity index (χ0v) is 13.5. The molecule has 1 atom stereocenters. The lowest BCUT2D eigenvalue weighted by Gasteiger charge is -2.14. The second kappa shape index (κ2) is 8.39. The van der Waals surface area contributed by atoms with Crippen molar-refractivity contribution in [2.24, 2.45) is 0 Å². The maximum atomic E-state index is 10.9. The molecule has 0 saturated carbocycles. The van der Waals surface area contributed by atoms with Crippen molar-refractivity contribution in [3.63, 3.8) is 0 Å². The van der Waals surface area contributed by atoms with Gasteiger partial charge < -0.3 is 5.32 Å². The van der Waals surface area contributed by atoms with Crippen molar-refractivity contribution in [2.45, 2.75) is 39.2 Å². The third-order valence-electron chi connectivity index (χ3n) is 3.19. The molecule has 1 rings (SSSR count). The van der Waals surface area contributed by atoms with Gasteiger partial charge in [0.25, 0.3) is 0 Å². The monoisotopic (exact) mass is 298 g/mol. The summed E-state index contributed by atoms with van der Waals surface area (Å²) in [4.78, 5) is 0. The van der Waals surface area contributed by atoms with Crippen LogP contribution in [0.4, 0.5) is 0 Å². The Bertz CT molecular complexity index is 483. The fraction of sp³-hybridized carbons (Fsp3) is 0.600. The van der Waals surface area contributed by atoms with Crippen LogP contribution in [-0.4, -0.2) is 27.8 Å². The van der Waals surface area contributed by atoms with Gasteiger partial charge in [-0.1, -0.05) is 37.6 Å². The number of rotatable bonds is 9. The Balaban J connectivity index is 2.30. The highest BCUT2D eigenvalue weighted by molar-refractivity contribution is 7.88. The van der Waals surface area contributed by atoms with E-state index in [1.54, 1.807) is 0 Å². The minimum Gasteiger partial charge on any atom is -0.310 e. The quantitative estimate of drug-likeness (QED) is 0.687. The highest BCUT2D eigenvalue weighted by Crippen LogP contribution is 2.14. The SMILES string of the molecule is CCCc1ccc(C(C)NCCCNS(C)(=O)=O)cc1. The number of hydrogen-bond donors (Lipinski definition) is 2. The molecule has 4 nitrogen and oxygen atoms in total. The molecule has 0 aliphatic carbocycles. The van der Waals surface area contributed by atoms with Crippen LogP contribution in [0.1, 0.15) is 43.9 Å². The highest BCUT2D eigenvalue weighted by Gasteiger charge is 2.04. The highest BCUT2D eigenvalue weighted by atomic mass is 32.2. The standard InChI is InChI=1S/C15H26N2O2S/c1-4-6-14-7-9-15(10-8-14)13(2)16-11-5-12-17-20(3,18)19/h7-10,13,16-17H,4-6,11-12H2,1-3H3. The van der Waals surface area contributed by atoms with E-state index >= 15 is 0 Å². The van der Waals surface area contributed by atoms with Crippen LogP contribution in [0.25, 0.3) is 0 Å². The third kappa shape index (κ3) is 7.03. The molecule has 0 aromatic heterocycles. The molecular formula is C15H26N2O2S. The lowest BCUT2D eigenvalue weighted by Crippen LogP contribution is -2.27. The molecule has 0 spiro atoms. The summed E-state index contributed by atoms with van der Waals surface area (Å²) in [5.41, 5.74) is 2.64. The summed E-state index contributed by atoms with van der Waals surface area (Å²) in [7, 11) is -3.07. The predicted octanol–water partition coefficient (Wildman–Crippen LogP) is 2.23. The van der Waals surface area contributed by atoms with Crippen molar-refractivity contribution in [1.29, 1.82) is 0 Å². The molecule has 0 aliphatic rings. The summed E-state index contributed by atoms with van der Waals surface area (Å²) in [6, 6.07) is 8.98. The molecule has 5 heteroatoms. The first-order valence-electron chi connectivity index (χ1n) is 7.19. The van der Waals surface area contributed by atoms with Crippen molar-refractivity contribution in [2.75, 3.05) is 19.3 Å². The van der Waals surface area contributed by atoms with E-state index < -0.39 is 10.0 Å². The second-order valence-corrected chi connectivity index (χ2v) is 7.02. The van der Waals surface area contributed by atoms with Crippen molar-refractivity contribution < 1.29 is 8.42 Å². The minimum atomic E-state index is -3.07. The third-order valence-corrected chi connectivity index (χ3v) is 3.92. The maximum absolute atomic E-state index is 10.9. The molecule has 1 aromatic carbocycles. The molecule has 0 fully saturated rings. The molecule has 0 radical (unpaired) electrons. The van der Waals surface area contributed by atoms with Gasteiger partial charge in [-0.05, 0) is 37.4 Å². The second-order valence-electron chi connectivity index (χ2n) is 5.19. The van der Waals surface area contributed by atoms with Crippen LogP contribution in [-0.2, 0) is 16.4 Å². The van der Waals surface area contributed by atoms with E-state index in [9.17, 15) is 8.42 Å². The van der Waals surface area contributed by atoms with Gasteiger partial charge in [0.1, 0.15) is 0 Å². The topological polar surface area (TPSA) is 58.2 Å². The summed E-state index contributed by atoms with van der Waals surface area (Å²) in [5, 5.41) is 3.40. The van der Waals surface area contributed by atoms with Crippen LogP contribution in [0.15, 0.2) is 24.3 Å². The Labute approximate surface area is 123 Å². The van der Waals surface area contributed by atoms with Gasteiger partial charge in [-0.3, -0.25) is 0 Å². The van der Waals surface area contributed by atoms with Crippen LogP contribution in [0, 0.1) is 0 Å². The molecule has 0 aliphatic heterocycles. The van der Waals surface area contributed by atoms with Crippen LogP contribution < -0.4 is 10.0 Å². The first-order chi connectivity index (χ1) is 9.42. The van der Waals surface area contributed by atoms with Crippen molar-refractivity contribution in [1.82, 2.24) is 10.0 Å². The zero-order chi connectivity index (χ0) is 15.0. The summed E-state index contributed by atoms with van der Waals surface area (Å²) < 4.78 is 24.3. The van der Waals surface area contributed by atoms with Crippen LogP contribution in [0.5, 0.6) is 0 Å². The van der Waals surface area contributed by atoms with Crippen molar-refractivity contribution in [3.05, 3.63) is 35.4 Å². The number of sulfonamides is 1. The van der Waals surface area contributed by atoms with E-state index in [1.807, 2.05) is 0 Å². The van der Waals surface area contributed by atoms with Gasteiger partial charge in [-0.15, -0.1) is 0 Å². The van der Waals surface area contributed by atoms with E-state index in [4.69, 9.17) is 0 Å². The average Bonchev–Trinajstić information content (AvgIpc) is 2.38. The lowest BCUT2D eigenvalue weighted by atomic mass is 10.0. The summed E-state index contributed by atoms with van der Waals surface area (Å²) in [6.45, 7) is 5.58. The molecule has 20 heavy (non-hydrogen) atoms. The first-order valence-corrected chi connectivity index (χ1v) is 9.08. The summed E-state index contributed by atoms with van der Waals surface area (Å²) in [6.07, 6.45) is 4.26. The van der Waals surface area contributed by atoms with Crippen LogP contribution >= 0.6 is 0 Å². The van der Waals surface area contributed by atoms with E-state index in [1.165, 1.54) is 23.8 Å². The van der Waals surface area contributed by atoms with Gasteiger partial charge >= 0.3 is 0 Å². The molecule has 0 amide bonds. The molecule has 0 saturated heterocycles. The van der Waals surface area contributed by atoms with E-state index in [0.717, 1.165) is 19.4 Å². The minimum absolute atomic E-state index is 0.281. The number of benzene rings is 1. The summed E-state index contributed by atoms with van der Waals surface area (Å²) >= 11 is 0. The Hall–Kier alpha value is -0.910. The molecule has 0 heterocycles.